The van der Waals surface area contributed by atoms with Crippen molar-refractivity contribution in [2.24, 2.45) is 0 Å². The Labute approximate surface area is 137 Å². The third kappa shape index (κ3) is 3.89. The second-order valence-electron chi connectivity index (χ2n) is 5.39. The van der Waals surface area contributed by atoms with Crippen molar-refractivity contribution in [3.05, 3.63) is 47.7 Å². The summed E-state index contributed by atoms with van der Waals surface area (Å²) < 4.78 is 5.63. The van der Waals surface area contributed by atoms with E-state index < -0.39 is 0 Å². The molecule has 4 heteroatoms. The van der Waals surface area contributed by atoms with Crippen LogP contribution in [0, 0.1) is 0 Å². The standard InChI is InChI=1S/C19H23NO3/c1-4-7-16(21)18-13-12-17(23-18)14-8-10-15(11-9-14)19(22)20(5-2)6-3/h8-13H,4-7H2,1-3H3. The van der Waals surface area contributed by atoms with Gasteiger partial charge in [0.2, 0.25) is 0 Å². The molecule has 0 aliphatic rings. The van der Waals surface area contributed by atoms with Gasteiger partial charge in [-0.25, -0.2) is 0 Å². The molecule has 2 aromatic rings. The van der Waals surface area contributed by atoms with E-state index in [0.29, 0.717) is 36.6 Å². The summed E-state index contributed by atoms with van der Waals surface area (Å²) in [5.74, 6) is 1.09. The van der Waals surface area contributed by atoms with Gasteiger partial charge in [0, 0.05) is 30.6 Å². The fourth-order valence-electron chi connectivity index (χ4n) is 2.46. The Kier molecular flexibility index (Phi) is 5.74. The lowest BCUT2D eigenvalue weighted by atomic mass is 10.1. The molecule has 0 aliphatic carbocycles. The smallest absolute Gasteiger partial charge is 0.253 e. The van der Waals surface area contributed by atoms with Gasteiger partial charge in [-0.2, -0.15) is 0 Å². The highest BCUT2D eigenvalue weighted by Gasteiger charge is 2.14. The molecule has 2 rings (SSSR count). The molecule has 122 valence electrons. The van der Waals surface area contributed by atoms with E-state index in [1.54, 1.807) is 29.2 Å². The second-order valence-corrected chi connectivity index (χ2v) is 5.39. The topological polar surface area (TPSA) is 50.5 Å². The van der Waals surface area contributed by atoms with Gasteiger partial charge in [0.05, 0.1) is 0 Å². The maximum Gasteiger partial charge on any atom is 0.253 e. The van der Waals surface area contributed by atoms with Crippen molar-refractivity contribution >= 4 is 11.7 Å². The van der Waals surface area contributed by atoms with Crippen LogP contribution in [0.5, 0.6) is 0 Å². The zero-order valence-electron chi connectivity index (χ0n) is 14.0. The number of carbonyl (C=O) groups excluding carboxylic acids is 2. The predicted molar refractivity (Wildman–Crippen MR) is 90.6 cm³/mol. The molecular weight excluding hydrogens is 290 g/mol. The number of Topliss-reactive ketones (excluding diaryl/α,β-unsaturated/α-hetero) is 1. The lowest BCUT2D eigenvalue weighted by Crippen LogP contribution is -2.30. The average molecular weight is 313 g/mol. The van der Waals surface area contributed by atoms with Crippen LogP contribution in [0.2, 0.25) is 0 Å². The van der Waals surface area contributed by atoms with Crippen molar-refractivity contribution in [2.45, 2.75) is 33.6 Å². The largest absolute Gasteiger partial charge is 0.453 e. The lowest BCUT2D eigenvalue weighted by molar-refractivity contribution is 0.0772. The first-order valence-electron chi connectivity index (χ1n) is 8.13. The van der Waals surface area contributed by atoms with Crippen molar-refractivity contribution in [2.75, 3.05) is 13.1 Å². The molecule has 0 saturated heterocycles. The quantitative estimate of drug-likeness (QED) is 0.711. The van der Waals surface area contributed by atoms with Crippen LogP contribution in [0.3, 0.4) is 0 Å². The zero-order valence-corrected chi connectivity index (χ0v) is 14.0. The number of rotatable bonds is 7. The van der Waals surface area contributed by atoms with E-state index >= 15 is 0 Å². The molecule has 1 aromatic heterocycles. The van der Waals surface area contributed by atoms with Crippen molar-refractivity contribution in [1.82, 2.24) is 4.90 Å². The van der Waals surface area contributed by atoms with E-state index in [-0.39, 0.29) is 11.7 Å². The van der Waals surface area contributed by atoms with Gasteiger partial charge >= 0.3 is 0 Å². The molecule has 1 aromatic carbocycles. The number of hydrogen-bond donors (Lipinski definition) is 0. The van der Waals surface area contributed by atoms with Crippen LogP contribution in [-0.2, 0) is 0 Å². The van der Waals surface area contributed by atoms with E-state index in [4.69, 9.17) is 4.42 Å². The number of carbonyl (C=O) groups is 2. The van der Waals surface area contributed by atoms with Gasteiger partial charge in [-0.1, -0.05) is 19.1 Å². The van der Waals surface area contributed by atoms with Crippen LogP contribution in [0.4, 0.5) is 0 Å². The number of furan rings is 1. The van der Waals surface area contributed by atoms with Crippen molar-refractivity contribution in [3.63, 3.8) is 0 Å². The fourth-order valence-corrected chi connectivity index (χ4v) is 2.46. The summed E-state index contributed by atoms with van der Waals surface area (Å²) in [4.78, 5) is 25.9. The van der Waals surface area contributed by atoms with Crippen LogP contribution in [0.1, 0.15) is 54.5 Å². The van der Waals surface area contributed by atoms with E-state index in [0.717, 1.165) is 12.0 Å². The molecule has 0 saturated carbocycles. The first-order valence-corrected chi connectivity index (χ1v) is 8.13. The molecule has 1 heterocycles. The Bertz CT molecular complexity index is 666. The zero-order chi connectivity index (χ0) is 16.8. The molecule has 0 bridgehead atoms. The molecule has 23 heavy (non-hydrogen) atoms. The summed E-state index contributed by atoms with van der Waals surface area (Å²) in [5.41, 5.74) is 1.52. The highest BCUT2D eigenvalue weighted by molar-refractivity contribution is 5.95. The van der Waals surface area contributed by atoms with E-state index in [9.17, 15) is 9.59 Å². The molecule has 0 radical (unpaired) electrons. The molecule has 0 spiro atoms. The lowest BCUT2D eigenvalue weighted by Gasteiger charge is -2.18. The van der Waals surface area contributed by atoms with Gasteiger partial charge in [-0.15, -0.1) is 0 Å². The Balaban J connectivity index is 2.17. The van der Waals surface area contributed by atoms with Crippen LogP contribution in [-0.4, -0.2) is 29.7 Å². The average Bonchev–Trinajstić information content (AvgIpc) is 3.06. The Morgan fingerprint density at radius 1 is 0.957 bits per heavy atom. The highest BCUT2D eigenvalue weighted by Crippen LogP contribution is 2.23. The maximum atomic E-state index is 12.3. The third-order valence-electron chi connectivity index (χ3n) is 3.82. The summed E-state index contributed by atoms with van der Waals surface area (Å²) in [5, 5.41) is 0. The Morgan fingerprint density at radius 3 is 2.17 bits per heavy atom. The van der Waals surface area contributed by atoms with Gasteiger partial charge in [-0.05, 0) is 44.5 Å². The number of amides is 1. The monoisotopic (exact) mass is 313 g/mol. The minimum absolute atomic E-state index is 0.0204. The maximum absolute atomic E-state index is 12.3. The van der Waals surface area contributed by atoms with Crippen LogP contribution in [0.15, 0.2) is 40.8 Å². The third-order valence-corrected chi connectivity index (χ3v) is 3.82. The normalized spacial score (nSPS) is 10.6. The van der Waals surface area contributed by atoms with E-state index in [1.807, 2.05) is 32.9 Å². The fraction of sp³-hybridized carbons (Fsp3) is 0.368. The summed E-state index contributed by atoms with van der Waals surface area (Å²) in [7, 11) is 0. The van der Waals surface area contributed by atoms with Gasteiger partial charge in [0.25, 0.3) is 5.91 Å². The van der Waals surface area contributed by atoms with Crippen molar-refractivity contribution in [3.8, 4) is 11.3 Å². The molecule has 1 amide bonds. The minimum Gasteiger partial charge on any atom is -0.453 e. The number of hydrogen-bond acceptors (Lipinski definition) is 3. The molecule has 0 atom stereocenters. The summed E-state index contributed by atoms with van der Waals surface area (Å²) in [6, 6.07) is 10.8. The molecular formula is C19H23NO3. The Morgan fingerprint density at radius 2 is 1.61 bits per heavy atom. The van der Waals surface area contributed by atoms with E-state index in [1.165, 1.54) is 0 Å². The van der Waals surface area contributed by atoms with Gasteiger partial charge in [-0.3, -0.25) is 9.59 Å². The number of benzene rings is 1. The SMILES string of the molecule is CCCC(=O)c1ccc(-c2ccc(C(=O)N(CC)CC)cc2)o1. The van der Waals surface area contributed by atoms with Crippen molar-refractivity contribution in [1.29, 1.82) is 0 Å². The van der Waals surface area contributed by atoms with E-state index in [2.05, 4.69) is 0 Å². The first kappa shape index (κ1) is 17.0. The molecule has 0 fully saturated rings. The van der Waals surface area contributed by atoms with Crippen molar-refractivity contribution < 1.29 is 14.0 Å². The summed E-state index contributed by atoms with van der Waals surface area (Å²) in [6.07, 6.45) is 1.29. The van der Waals surface area contributed by atoms with Crippen LogP contribution >= 0.6 is 0 Å². The molecule has 0 aliphatic heterocycles. The van der Waals surface area contributed by atoms with Gasteiger partial charge in [0.1, 0.15) is 5.76 Å². The molecule has 0 N–H and O–H groups in total. The minimum atomic E-state index is 0.0204. The van der Waals surface area contributed by atoms with Gasteiger partial charge < -0.3 is 9.32 Å². The van der Waals surface area contributed by atoms with Crippen LogP contribution < -0.4 is 0 Å². The molecule has 4 nitrogen and oxygen atoms in total. The summed E-state index contributed by atoms with van der Waals surface area (Å²) in [6.45, 7) is 7.28. The second kappa shape index (κ2) is 7.77. The number of ketones is 1. The van der Waals surface area contributed by atoms with Gasteiger partial charge in [0.15, 0.2) is 11.5 Å². The van der Waals surface area contributed by atoms with Crippen LogP contribution in [0.25, 0.3) is 11.3 Å². The number of nitrogens with zero attached hydrogens (tertiary/aromatic N) is 1. The predicted octanol–water partition coefficient (Wildman–Crippen LogP) is 4.41. The molecule has 0 unspecified atom stereocenters. The Hall–Kier alpha value is -2.36. The first-order chi connectivity index (χ1) is 11.1. The highest BCUT2D eigenvalue weighted by atomic mass is 16.3. The summed E-state index contributed by atoms with van der Waals surface area (Å²) >= 11 is 0.